The lowest BCUT2D eigenvalue weighted by molar-refractivity contribution is 0.277. The molecule has 1 aromatic carbocycles. The Morgan fingerprint density at radius 1 is 1.14 bits per heavy atom. The highest BCUT2D eigenvalue weighted by Crippen LogP contribution is 2.27. The fourth-order valence-electron chi connectivity index (χ4n) is 2.55. The van der Waals surface area contributed by atoms with Crippen LogP contribution in [0, 0.1) is 5.92 Å². The Balaban J connectivity index is 1.89. The van der Waals surface area contributed by atoms with Crippen molar-refractivity contribution in [1.82, 2.24) is 9.88 Å². The molecule has 1 unspecified atom stereocenters. The SMILES string of the molecule is CC(Cc1cccc(Cl)c1Cl)CN(C)Cc1ccc(Cl)nc1. The van der Waals surface area contributed by atoms with E-state index in [4.69, 9.17) is 34.8 Å². The third kappa shape index (κ3) is 5.13. The Bertz CT molecular complexity index is 614. The molecular weight excluding hydrogens is 339 g/mol. The van der Waals surface area contributed by atoms with Crippen molar-refractivity contribution in [3.63, 3.8) is 0 Å². The molecule has 1 heterocycles. The van der Waals surface area contributed by atoms with Crippen LogP contribution in [0.15, 0.2) is 36.5 Å². The summed E-state index contributed by atoms with van der Waals surface area (Å²) in [6, 6.07) is 9.62. The maximum atomic E-state index is 6.25. The summed E-state index contributed by atoms with van der Waals surface area (Å²) in [4.78, 5) is 6.38. The van der Waals surface area contributed by atoms with E-state index in [0.29, 0.717) is 21.1 Å². The van der Waals surface area contributed by atoms with Crippen LogP contribution < -0.4 is 0 Å². The van der Waals surface area contributed by atoms with Crippen LogP contribution in [0.1, 0.15) is 18.1 Å². The summed E-state index contributed by atoms with van der Waals surface area (Å²) in [5, 5.41) is 1.81. The van der Waals surface area contributed by atoms with Crippen LogP contribution in [0.4, 0.5) is 0 Å². The second kappa shape index (κ2) is 8.16. The van der Waals surface area contributed by atoms with Gasteiger partial charge in [0.2, 0.25) is 0 Å². The Labute approximate surface area is 147 Å². The minimum atomic E-state index is 0.473. The van der Waals surface area contributed by atoms with Crippen molar-refractivity contribution in [3.05, 3.63) is 62.9 Å². The number of rotatable bonds is 6. The monoisotopic (exact) mass is 356 g/mol. The quantitative estimate of drug-likeness (QED) is 0.648. The van der Waals surface area contributed by atoms with Crippen LogP contribution >= 0.6 is 34.8 Å². The average Bonchev–Trinajstić information content (AvgIpc) is 2.46. The van der Waals surface area contributed by atoms with E-state index >= 15 is 0 Å². The zero-order chi connectivity index (χ0) is 16.1. The van der Waals surface area contributed by atoms with E-state index in [9.17, 15) is 0 Å². The Kier molecular flexibility index (Phi) is 6.51. The molecule has 0 bridgehead atoms. The molecule has 0 amide bonds. The van der Waals surface area contributed by atoms with Crippen molar-refractivity contribution in [1.29, 1.82) is 0 Å². The van der Waals surface area contributed by atoms with Gasteiger partial charge in [0, 0.05) is 19.3 Å². The lowest BCUT2D eigenvalue weighted by atomic mass is 10.0. The fourth-order valence-corrected chi connectivity index (χ4v) is 3.06. The van der Waals surface area contributed by atoms with Crippen molar-refractivity contribution >= 4 is 34.8 Å². The van der Waals surface area contributed by atoms with Gasteiger partial charge in [0.15, 0.2) is 0 Å². The fraction of sp³-hybridized carbons (Fsp3) is 0.353. The zero-order valence-electron chi connectivity index (χ0n) is 12.7. The van der Waals surface area contributed by atoms with Crippen LogP contribution in [0.25, 0.3) is 0 Å². The van der Waals surface area contributed by atoms with Crippen molar-refractivity contribution in [2.45, 2.75) is 19.9 Å². The third-order valence-electron chi connectivity index (χ3n) is 3.46. The summed E-state index contributed by atoms with van der Waals surface area (Å²) >= 11 is 18.1. The van der Waals surface area contributed by atoms with Crippen molar-refractivity contribution in [2.24, 2.45) is 5.92 Å². The van der Waals surface area contributed by atoms with Crippen LogP contribution in [0.2, 0.25) is 15.2 Å². The molecule has 0 spiro atoms. The molecule has 0 saturated carbocycles. The maximum absolute atomic E-state index is 6.25. The van der Waals surface area contributed by atoms with Crippen molar-refractivity contribution in [2.75, 3.05) is 13.6 Å². The predicted molar refractivity (Wildman–Crippen MR) is 94.9 cm³/mol. The Morgan fingerprint density at radius 2 is 1.91 bits per heavy atom. The molecule has 1 atom stereocenters. The highest BCUT2D eigenvalue weighted by atomic mass is 35.5. The molecule has 0 N–H and O–H groups in total. The highest BCUT2D eigenvalue weighted by molar-refractivity contribution is 6.42. The number of hydrogen-bond donors (Lipinski definition) is 0. The van der Waals surface area contributed by atoms with Crippen LogP contribution in [-0.2, 0) is 13.0 Å². The number of aromatic nitrogens is 1. The van der Waals surface area contributed by atoms with Gasteiger partial charge in [0.25, 0.3) is 0 Å². The topological polar surface area (TPSA) is 16.1 Å². The number of nitrogens with zero attached hydrogens (tertiary/aromatic N) is 2. The first-order chi connectivity index (χ1) is 10.5. The second-order valence-corrected chi connectivity index (χ2v) is 6.88. The maximum Gasteiger partial charge on any atom is 0.129 e. The molecule has 2 rings (SSSR count). The molecule has 2 aromatic rings. The van der Waals surface area contributed by atoms with E-state index in [-0.39, 0.29) is 0 Å². The first-order valence-electron chi connectivity index (χ1n) is 7.17. The lowest BCUT2D eigenvalue weighted by Gasteiger charge is -2.21. The Hall–Kier alpha value is -0.800. The molecule has 0 aliphatic heterocycles. The zero-order valence-corrected chi connectivity index (χ0v) is 15.0. The van der Waals surface area contributed by atoms with Crippen molar-refractivity contribution in [3.8, 4) is 0 Å². The van der Waals surface area contributed by atoms with Crippen LogP contribution in [0.5, 0.6) is 0 Å². The summed E-state index contributed by atoms with van der Waals surface area (Å²) < 4.78 is 0. The molecule has 0 aliphatic carbocycles. The molecule has 0 fully saturated rings. The minimum Gasteiger partial charge on any atom is -0.302 e. The van der Waals surface area contributed by atoms with Crippen molar-refractivity contribution < 1.29 is 0 Å². The lowest BCUT2D eigenvalue weighted by Crippen LogP contribution is -2.25. The largest absolute Gasteiger partial charge is 0.302 e. The van der Waals surface area contributed by atoms with E-state index < -0.39 is 0 Å². The molecule has 1 aromatic heterocycles. The van der Waals surface area contributed by atoms with Gasteiger partial charge in [-0.25, -0.2) is 4.98 Å². The molecule has 0 radical (unpaired) electrons. The first-order valence-corrected chi connectivity index (χ1v) is 8.31. The van der Waals surface area contributed by atoms with E-state index in [2.05, 4.69) is 23.9 Å². The number of pyridine rings is 1. The minimum absolute atomic E-state index is 0.473. The standard InChI is InChI=1S/C17H19Cl3N2/c1-12(8-14-4-3-5-15(18)17(14)20)10-22(2)11-13-6-7-16(19)21-9-13/h3-7,9,12H,8,10-11H2,1-2H3. The van der Waals surface area contributed by atoms with Gasteiger partial charge in [-0.15, -0.1) is 0 Å². The third-order valence-corrected chi connectivity index (χ3v) is 4.55. The average molecular weight is 358 g/mol. The second-order valence-electron chi connectivity index (χ2n) is 5.71. The molecule has 0 saturated heterocycles. The summed E-state index contributed by atoms with van der Waals surface area (Å²) in [7, 11) is 2.10. The van der Waals surface area contributed by atoms with Gasteiger partial charge in [-0.1, -0.05) is 59.9 Å². The van der Waals surface area contributed by atoms with Gasteiger partial charge in [0.05, 0.1) is 10.0 Å². The number of benzene rings is 1. The van der Waals surface area contributed by atoms with Gasteiger partial charge in [-0.3, -0.25) is 0 Å². The summed E-state index contributed by atoms with van der Waals surface area (Å²) in [5.74, 6) is 0.473. The molecule has 5 heteroatoms. The summed E-state index contributed by atoms with van der Waals surface area (Å²) in [6.07, 6.45) is 2.72. The first kappa shape index (κ1) is 17.6. The molecular formula is C17H19Cl3N2. The van der Waals surface area contributed by atoms with E-state index in [1.54, 1.807) is 0 Å². The molecule has 0 aliphatic rings. The van der Waals surface area contributed by atoms with E-state index in [1.807, 2.05) is 36.5 Å². The van der Waals surface area contributed by atoms with E-state index in [0.717, 1.165) is 30.6 Å². The van der Waals surface area contributed by atoms with Crippen LogP contribution in [-0.4, -0.2) is 23.5 Å². The summed E-state index contributed by atoms with van der Waals surface area (Å²) in [6.45, 7) is 4.02. The van der Waals surface area contributed by atoms with Gasteiger partial charge < -0.3 is 4.90 Å². The molecule has 22 heavy (non-hydrogen) atoms. The van der Waals surface area contributed by atoms with Gasteiger partial charge in [0.1, 0.15) is 5.15 Å². The van der Waals surface area contributed by atoms with Crippen LogP contribution in [0.3, 0.4) is 0 Å². The number of hydrogen-bond acceptors (Lipinski definition) is 2. The molecule has 118 valence electrons. The summed E-state index contributed by atoms with van der Waals surface area (Å²) in [5.41, 5.74) is 2.25. The highest BCUT2D eigenvalue weighted by Gasteiger charge is 2.11. The predicted octanol–water partition coefficient (Wildman–Crippen LogP) is 5.35. The molecule has 2 nitrogen and oxygen atoms in total. The Morgan fingerprint density at radius 3 is 2.59 bits per heavy atom. The van der Waals surface area contributed by atoms with Gasteiger partial charge >= 0.3 is 0 Å². The van der Waals surface area contributed by atoms with E-state index in [1.165, 1.54) is 0 Å². The normalized spacial score (nSPS) is 12.6. The van der Waals surface area contributed by atoms with Gasteiger partial charge in [-0.2, -0.15) is 0 Å². The smallest absolute Gasteiger partial charge is 0.129 e. The van der Waals surface area contributed by atoms with Gasteiger partial charge in [-0.05, 0) is 42.6 Å². The number of halogens is 3.